The largest absolute Gasteiger partial charge is 0.497 e. The van der Waals surface area contributed by atoms with Crippen LogP contribution >= 0.6 is 0 Å². The van der Waals surface area contributed by atoms with Gasteiger partial charge in [0.1, 0.15) is 11.5 Å². The molecule has 3 amide bonds. The van der Waals surface area contributed by atoms with Crippen molar-refractivity contribution in [2.75, 3.05) is 33.9 Å². The molecule has 3 rings (SSSR count). The smallest absolute Gasteiger partial charge is 0.251 e. The molecule has 1 fully saturated rings. The third-order valence-corrected chi connectivity index (χ3v) is 5.23. The molecule has 2 N–H and O–H groups in total. The van der Waals surface area contributed by atoms with Gasteiger partial charge in [-0.25, -0.2) is 0 Å². The van der Waals surface area contributed by atoms with Crippen molar-refractivity contribution >= 4 is 17.7 Å². The van der Waals surface area contributed by atoms with Crippen molar-refractivity contribution in [3.63, 3.8) is 0 Å². The van der Waals surface area contributed by atoms with Crippen LogP contribution in [0.1, 0.15) is 33.6 Å². The van der Waals surface area contributed by atoms with Gasteiger partial charge in [0.2, 0.25) is 5.91 Å². The summed E-state index contributed by atoms with van der Waals surface area (Å²) in [6.45, 7) is 0.993. The summed E-state index contributed by atoms with van der Waals surface area (Å²) in [4.78, 5) is 38.8. The summed E-state index contributed by atoms with van der Waals surface area (Å²) in [7, 11) is 3.07. The Morgan fingerprint density at radius 3 is 2.10 bits per heavy atom. The molecule has 0 unspecified atom stereocenters. The Morgan fingerprint density at radius 1 is 0.903 bits per heavy atom. The Hall–Kier alpha value is -3.55. The van der Waals surface area contributed by atoms with E-state index in [2.05, 4.69) is 10.6 Å². The maximum atomic E-state index is 12.6. The van der Waals surface area contributed by atoms with E-state index in [1.807, 2.05) is 6.07 Å². The van der Waals surface area contributed by atoms with E-state index in [4.69, 9.17) is 9.47 Å². The van der Waals surface area contributed by atoms with Crippen LogP contribution in [0.4, 0.5) is 0 Å². The zero-order chi connectivity index (χ0) is 22.2. The number of rotatable bonds is 7. The van der Waals surface area contributed by atoms with Crippen LogP contribution in [-0.4, -0.2) is 62.5 Å². The van der Waals surface area contributed by atoms with Crippen LogP contribution in [0.25, 0.3) is 0 Å². The maximum absolute atomic E-state index is 12.6. The number of benzene rings is 2. The number of carbonyl (C=O) groups is 3. The van der Waals surface area contributed by atoms with Crippen LogP contribution in [0.3, 0.4) is 0 Å². The van der Waals surface area contributed by atoms with E-state index in [0.29, 0.717) is 48.6 Å². The number of nitrogens with one attached hydrogen (secondary N) is 2. The van der Waals surface area contributed by atoms with Gasteiger partial charge in [-0.3, -0.25) is 14.4 Å². The van der Waals surface area contributed by atoms with E-state index < -0.39 is 0 Å². The molecule has 164 valence electrons. The van der Waals surface area contributed by atoms with Crippen LogP contribution in [0.5, 0.6) is 11.5 Å². The first kappa shape index (κ1) is 22.1. The molecule has 8 heteroatoms. The second-order valence-electron chi connectivity index (χ2n) is 7.28. The monoisotopic (exact) mass is 425 g/mol. The molecule has 0 aliphatic carbocycles. The Labute approximate surface area is 181 Å². The predicted molar refractivity (Wildman–Crippen MR) is 115 cm³/mol. The minimum atomic E-state index is -0.273. The molecule has 1 saturated heterocycles. The van der Waals surface area contributed by atoms with Crippen molar-refractivity contribution in [1.29, 1.82) is 0 Å². The molecule has 0 atom stereocenters. The number of hydrogen-bond acceptors (Lipinski definition) is 5. The molecule has 8 nitrogen and oxygen atoms in total. The van der Waals surface area contributed by atoms with E-state index in [9.17, 15) is 14.4 Å². The van der Waals surface area contributed by atoms with Crippen molar-refractivity contribution in [2.24, 2.45) is 0 Å². The van der Waals surface area contributed by atoms with Gasteiger partial charge in [0.15, 0.2) is 0 Å². The quantitative estimate of drug-likeness (QED) is 0.706. The van der Waals surface area contributed by atoms with Gasteiger partial charge in [0, 0.05) is 36.3 Å². The number of nitrogens with zero attached hydrogens (tertiary/aromatic N) is 1. The van der Waals surface area contributed by atoms with E-state index in [0.717, 1.165) is 0 Å². The van der Waals surface area contributed by atoms with Crippen molar-refractivity contribution in [3.8, 4) is 11.5 Å². The third-order valence-electron chi connectivity index (χ3n) is 5.23. The number of ether oxygens (including phenoxy) is 2. The van der Waals surface area contributed by atoms with Crippen molar-refractivity contribution in [3.05, 3.63) is 59.7 Å². The summed E-state index contributed by atoms with van der Waals surface area (Å²) in [5.41, 5.74) is 0.976. The lowest BCUT2D eigenvalue weighted by Crippen LogP contribution is -2.49. The van der Waals surface area contributed by atoms with Gasteiger partial charge in [-0.1, -0.05) is 18.2 Å². The molecule has 0 radical (unpaired) electrons. The lowest BCUT2D eigenvalue weighted by Gasteiger charge is -2.32. The van der Waals surface area contributed by atoms with E-state index in [-0.39, 0.29) is 30.3 Å². The lowest BCUT2D eigenvalue weighted by atomic mass is 10.0. The summed E-state index contributed by atoms with van der Waals surface area (Å²) >= 11 is 0. The summed E-state index contributed by atoms with van der Waals surface area (Å²) in [6.07, 6.45) is 1.29. The topological polar surface area (TPSA) is 97.0 Å². The van der Waals surface area contributed by atoms with Gasteiger partial charge in [0.05, 0.1) is 20.8 Å². The van der Waals surface area contributed by atoms with Crippen molar-refractivity contribution in [1.82, 2.24) is 15.5 Å². The highest BCUT2D eigenvalue weighted by Crippen LogP contribution is 2.23. The molecule has 0 aromatic heterocycles. The highest BCUT2D eigenvalue weighted by molar-refractivity contribution is 5.96. The Bertz CT molecular complexity index is 902. The number of carbonyl (C=O) groups excluding carboxylic acids is 3. The van der Waals surface area contributed by atoms with Gasteiger partial charge in [-0.05, 0) is 37.1 Å². The highest BCUT2D eigenvalue weighted by Gasteiger charge is 2.24. The predicted octanol–water partition coefficient (Wildman–Crippen LogP) is 1.85. The van der Waals surface area contributed by atoms with Crippen LogP contribution < -0.4 is 20.1 Å². The van der Waals surface area contributed by atoms with Gasteiger partial charge in [-0.15, -0.1) is 0 Å². The van der Waals surface area contributed by atoms with E-state index in [1.54, 1.807) is 47.4 Å². The number of methoxy groups -OCH3 is 2. The fourth-order valence-electron chi connectivity index (χ4n) is 3.44. The van der Waals surface area contributed by atoms with Crippen LogP contribution in [0.2, 0.25) is 0 Å². The van der Waals surface area contributed by atoms with Crippen LogP contribution in [-0.2, 0) is 4.79 Å². The Kier molecular flexibility index (Phi) is 7.48. The van der Waals surface area contributed by atoms with Gasteiger partial charge in [0.25, 0.3) is 11.8 Å². The average Bonchev–Trinajstić information content (AvgIpc) is 2.82. The minimum Gasteiger partial charge on any atom is -0.497 e. The molecular formula is C23H27N3O5. The number of piperidine rings is 1. The highest BCUT2D eigenvalue weighted by atomic mass is 16.5. The molecule has 2 aromatic carbocycles. The fourth-order valence-corrected chi connectivity index (χ4v) is 3.44. The summed E-state index contributed by atoms with van der Waals surface area (Å²) in [5.74, 6) is 0.471. The van der Waals surface area contributed by atoms with Gasteiger partial charge in [-0.2, -0.15) is 0 Å². The second-order valence-corrected chi connectivity index (χ2v) is 7.28. The number of likely N-dealkylation sites (tertiary alicyclic amines) is 1. The van der Waals surface area contributed by atoms with Crippen LogP contribution in [0, 0.1) is 0 Å². The van der Waals surface area contributed by atoms with Crippen LogP contribution in [0.15, 0.2) is 48.5 Å². The molecule has 0 bridgehead atoms. The Balaban J connectivity index is 1.46. The first-order chi connectivity index (χ1) is 15.0. The molecule has 1 heterocycles. The van der Waals surface area contributed by atoms with Gasteiger partial charge < -0.3 is 25.0 Å². The fraction of sp³-hybridized carbons (Fsp3) is 0.348. The number of amides is 3. The maximum Gasteiger partial charge on any atom is 0.251 e. The first-order valence-corrected chi connectivity index (χ1v) is 10.1. The lowest BCUT2D eigenvalue weighted by molar-refractivity contribution is -0.131. The van der Waals surface area contributed by atoms with Crippen molar-refractivity contribution < 1.29 is 23.9 Å². The summed E-state index contributed by atoms with van der Waals surface area (Å²) in [5, 5.41) is 5.67. The third kappa shape index (κ3) is 5.97. The van der Waals surface area contributed by atoms with E-state index >= 15 is 0 Å². The SMILES string of the molecule is COc1cc(OC)cc(C(=O)NC2CCN(C(=O)CNC(=O)c3ccccc3)CC2)c1. The minimum absolute atomic E-state index is 0.0346. The number of hydrogen-bond donors (Lipinski definition) is 2. The molecule has 1 aliphatic rings. The van der Waals surface area contributed by atoms with Crippen molar-refractivity contribution in [2.45, 2.75) is 18.9 Å². The zero-order valence-corrected chi connectivity index (χ0v) is 17.7. The zero-order valence-electron chi connectivity index (χ0n) is 17.7. The second kappa shape index (κ2) is 10.5. The normalized spacial score (nSPS) is 13.9. The molecule has 31 heavy (non-hydrogen) atoms. The van der Waals surface area contributed by atoms with Gasteiger partial charge >= 0.3 is 0 Å². The standard InChI is InChI=1S/C23H27N3O5/c1-30-19-12-17(13-20(14-19)31-2)23(29)25-18-8-10-26(11-9-18)21(27)15-24-22(28)16-6-4-3-5-7-16/h3-7,12-14,18H,8-11,15H2,1-2H3,(H,24,28)(H,25,29). The Morgan fingerprint density at radius 2 is 1.52 bits per heavy atom. The van der Waals surface area contributed by atoms with E-state index in [1.165, 1.54) is 14.2 Å². The molecule has 1 aliphatic heterocycles. The molecule has 2 aromatic rings. The average molecular weight is 425 g/mol. The molecule has 0 spiro atoms. The molecule has 0 saturated carbocycles. The summed E-state index contributed by atoms with van der Waals surface area (Å²) < 4.78 is 10.4. The summed E-state index contributed by atoms with van der Waals surface area (Å²) in [6, 6.07) is 13.8. The first-order valence-electron chi connectivity index (χ1n) is 10.1. The molecular weight excluding hydrogens is 398 g/mol.